The molecule has 108 valence electrons. The lowest BCUT2D eigenvalue weighted by Crippen LogP contribution is -1.99. The van der Waals surface area contributed by atoms with E-state index in [0.29, 0.717) is 16.8 Å². The Kier molecular flexibility index (Phi) is 5.30. The molecule has 2 rings (SSSR count). The van der Waals surface area contributed by atoms with Crippen LogP contribution in [0.3, 0.4) is 0 Å². The Hall–Kier alpha value is -1.68. The maximum Gasteiger partial charge on any atom is 0.145 e. The standard InChI is InChI=1S/C16H22N2O2/c1-12-16(20)15(14(11-19)9-18-12)10-17-8-7-13-5-3-2-4-6-13/h5,9-10,19-20H,2-4,6-8,11H2,1H3. The van der Waals surface area contributed by atoms with Crippen LogP contribution < -0.4 is 0 Å². The van der Waals surface area contributed by atoms with Crippen LogP contribution in [0.5, 0.6) is 5.75 Å². The molecule has 1 aliphatic carbocycles. The van der Waals surface area contributed by atoms with E-state index in [-0.39, 0.29) is 12.4 Å². The van der Waals surface area contributed by atoms with Gasteiger partial charge in [-0.3, -0.25) is 9.98 Å². The molecule has 4 nitrogen and oxygen atoms in total. The van der Waals surface area contributed by atoms with Gasteiger partial charge in [0.15, 0.2) is 0 Å². The molecule has 0 fully saturated rings. The van der Waals surface area contributed by atoms with Crippen molar-refractivity contribution in [2.24, 2.45) is 4.99 Å². The lowest BCUT2D eigenvalue weighted by atomic mass is 9.97. The summed E-state index contributed by atoms with van der Waals surface area (Å²) in [5.74, 6) is 0.109. The highest BCUT2D eigenvalue weighted by Crippen LogP contribution is 2.22. The van der Waals surface area contributed by atoms with E-state index in [9.17, 15) is 10.2 Å². The molecular weight excluding hydrogens is 252 g/mol. The Labute approximate surface area is 119 Å². The summed E-state index contributed by atoms with van der Waals surface area (Å²) in [6.07, 6.45) is 11.5. The first-order chi connectivity index (χ1) is 9.72. The van der Waals surface area contributed by atoms with Crippen LogP contribution in [-0.4, -0.2) is 28.0 Å². The van der Waals surface area contributed by atoms with Gasteiger partial charge in [-0.25, -0.2) is 0 Å². The molecule has 2 N–H and O–H groups in total. The zero-order chi connectivity index (χ0) is 14.4. The van der Waals surface area contributed by atoms with Crippen molar-refractivity contribution in [2.75, 3.05) is 6.54 Å². The highest BCUT2D eigenvalue weighted by atomic mass is 16.3. The van der Waals surface area contributed by atoms with E-state index in [4.69, 9.17) is 0 Å². The second-order valence-corrected chi connectivity index (χ2v) is 5.18. The highest BCUT2D eigenvalue weighted by Gasteiger charge is 2.09. The van der Waals surface area contributed by atoms with Gasteiger partial charge in [-0.1, -0.05) is 11.6 Å². The summed E-state index contributed by atoms with van der Waals surface area (Å²) >= 11 is 0. The molecule has 0 spiro atoms. The summed E-state index contributed by atoms with van der Waals surface area (Å²) in [4.78, 5) is 8.41. The van der Waals surface area contributed by atoms with Crippen LogP contribution >= 0.6 is 0 Å². The lowest BCUT2D eigenvalue weighted by Gasteiger charge is -2.11. The molecule has 0 bridgehead atoms. The zero-order valence-corrected chi connectivity index (χ0v) is 12.0. The van der Waals surface area contributed by atoms with Gasteiger partial charge >= 0.3 is 0 Å². The maximum atomic E-state index is 9.98. The molecule has 1 aliphatic rings. The van der Waals surface area contributed by atoms with Crippen molar-refractivity contribution in [2.45, 2.75) is 45.6 Å². The van der Waals surface area contributed by atoms with Crippen LogP contribution in [0, 0.1) is 6.92 Å². The number of aliphatic imine (C=N–C) groups is 1. The molecule has 0 unspecified atom stereocenters. The number of hydrogen-bond donors (Lipinski definition) is 2. The average molecular weight is 274 g/mol. The van der Waals surface area contributed by atoms with Gasteiger partial charge < -0.3 is 10.2 Å². The second-order valence-electron chi connectivity index (χ2n) is 5.18. The van der Waals surface area contributed by atoms with Crippen molar-refractivity contribution in [1.82, 2.24) is 4.98 Å². The number of hydrogen-bond acceptors (Lipinski definition) is 4. The third-order valence-corrected chi connectivity index (χ3v) is 3.70. The Balaban J connectivity index is 2.00. The monoisotopic (exact) mass is 274 g/mol. The number of aromatic nitrogens is 1. The summed E-state index contributed by atoms with van der Waals surface area (Å²) in [5, 5.41) is 19.3. The van der Waals surface area contributed by atoms with E-state index >= 15 is 0 Å². The minimum absolute atomic E-state index is 0.109. The van der Waals surface area contributed by atoms with Gasteiger partial charge in [0.05, 0.1) is 12.3 Å². The van der Waals surface area contributed by atoms with Gasteiger partial charge in [-0.2, -0.15) is 0 Å². The Morgan fingerprint density at radius 1 is 1.40 bits per heavy atom. The largest absolute Gasteiger partial charge is 0.505 e. The van der Waals surface area contributed by atoms with Crippen LogP contribution in [0.25, 0.3) is 0 Å². The van der Waals surface area contributed by atoms with Crippen molar-refractivity contribution in [1.29, 1.82) is 0 Å². The second kappa shape index (κ2) is 7.20. The van der Waals surface area contributed by atoms with E-state index in [1.807, 2.05) is 0 Å². The van der Waals surface area contributed by atoms with Gasteiger partial charge in [0, 0.05) is 30.1 Å². The summed E-state index contributed by atoms with van der Waals surface area (Å²) in [5.41, 5.74) is 3.23. The zero-order valence-electron chi connectivity index (χ0n) is 12.0. The first kappa shape index (κ1) is 14.7. The number of pyridine rings is 1. The Morgan fingerprint density at radius 2 is 2.25 bits per heavy atom. The number of aromatic hydroxyl groups is 1. The molecule has 0 radical (unpaired) electrons. The topological polar surface area (TPSA) is 65.7 Å². The first-order valence-electron chi connectivity index (χ1n) is 7.18. The molecule has 20 heavy (non-hydrogen) atoms. The van der Waals surface area contributed by atoms with Crippen LogP contribution in [-0.2, 0) is 6.61 Å². The third-order valence-electron chi connectivity index (χ3n) is 3.70. The normalized spacial score (nSPS) is 15.6. The van der Waals surface area contributed by atoms with Crippen LogP contribution in [0.15, 0.2) is 22.8 Å². The van der Waals surface area contributed by atoms with Crippen molar-refractivity contribution >= 4 is 6.21 Å². The van der Waals surface area contributed by atoms with E-state index in [0.717, 1.165) is 13.0 Å². The number of aryl methyl sites for hydroxylation is 1. The lowest BCUT2D eigenvalue weighted by molar-refractivity contribution is 0.280. The van der Waals surface area contributed by atoms with Gasteiger partial charge in [0.25, 0.3) is 0 Å². The summed E-state index contributed by atoms with van der Waals surface area (Å²) in [6, 6.07) is 0. The fraction of sp³-hybridized carbons (Fsp3) is 0.500. The van der Waals surface area contributed by atoms with Gasteiger partial charge in [-0.15, -0.1) is 0 Å². The number of nitrogens with zero attached hydrogens (tertiary/aromatic N) is 2. The number of allylic oxidation sites excluding steroid dienone is 1. The molecule has 0 saturated carbocycles. The van der Waals surface area contributed by atoms with Crippen molar-refractivity contribution in [3.05, 3.63) is 34.7 Å². The minimum Gasteiger partial charge on any atom is -0.505 e. The van der Waals surface area contributed by atoms with Gasteiger partial charge in [-0.05, 0) is 39.0 Å². The quantitative estimate of drug-likeness (QED) is 0.641. The maximum absolute atomic E-state index is 9.98. The highest BCUT2D eigenvalue weighted by molar-refractivity contribution is 5.85. The van der Waals surface area contributed by atoms with Crippen molar-refractivity contribution in [3.8, 4) is 5.75 Å². The number of rotatable bonds is 5. The smallest absolute Gasteiger partial charge is 0.145 e. The molecule has 0 amide bonds. The summed E-state index contributed by atoms with van der Waals surface area (Å²) in [6.45, 7) is 2.31. The van der Waals surface area contributed by atoms with E-state index in [1.54, 1.807) is 19.3 Å². The molecular formula is C16H22N2O2. The number of aliphatic hydroxyl groups is 1. The summed E-state index contributed by atoms with van der Waals surface area (Å²) in [7, 11) is 0. The van der Waals surface area contributed by atoms with Crippen LogP contribution in [0.2, 0.25) is 0 Å². The molecule has 0 atom stereocenters. The van der Waals surface area contributed by atoms with Crippen LogP contribution in [0.1, 0.15) is 48.9 Å². The molecule has 1 heterocycles. The van der Waals surface area contributed by atoms with Gasteiger partial charge in [0.1, 0.15) is 5.75 Å². The van der Waals surface area contributed by atoms with Gasteiger partial charge in [0.2, 0.25) is 0 Å². The molecule has 0 aliphatic heterocycles. The van der Waals surface area contributed by atoms with E-state index < -0.39 is 0 Å². The SMILES string of the molecule is Cc1ncc(CO)c(C=NCCC2=CCCCC2)c1O. The third kappa shape index (κ3) is 3.67. The molecule has 1 aromatic heterocycles. The predicted octanol–water partition coefficient (Wildman–Crippen LogP) is 2.90. The fourth-order valence-corrected chi connectivity index (χ4v) is 2.42. The van der Waals surface area contributed by atoms with E-state index in [2.05, 4.69) is 16.1 Å². The average Bonchev–Trinajstić information content (AvgIpc) is 2.49. The molecule has 4 heteroatoms. The first-order valence-corrected chi connectivity index (χ1v) is 7.18. The molecule has 0 saturated heterocycles. The minimum atomic E-state index is -0.145. The summed E-state index contributed by atoms with van der Waals surface area (Å²) < 4.78 is 0. The molecule has 1 aromatic rings. The number of aliphatic hydroxyl groups excluding tert-OH is 1. The predicted molar refractivity (Wildman–Crippen MR) is 80.2 cm³/mol. The fourth-order valence-electron chi connectivity index (χ4n) is 2.42. The van der Waals surface area contributed by atoms with E-state index in [1.165, 1.54) is 31.3 Å². The van der Waals surface area contributed by atoms with Crippen molar-refractivity contribution < 1.29 is 10.2 Å². The Bertz CT molecular complexity index is 521. The van der Waals surface area contributed by atoms with Crippen LogP contribution in [0.4, 0.5) is 0 Å². The van der Waals surface area contributed by atoms with Crippen molar-refractivity contribution in [3.63, 3.8) is 0 Å². The Morgan fingerprint density at radius 3 is 2.95 bits per heavy atom. The molecule has 0 aromatic carbocycles.